The predicted octanol–water partition coefficient (Wildman–Crippen LogP) is 2.57. The Labute approximate surface area is 149 Å². The fraction of sp³-hybridized carbons (Fsp3) is 0.111. The highest BCUT2D eigenvalue weighted by Gasteiger charge is 2.16. The second-order valence-electron chi connectivity index (χ2n) is 5.26. The molecule has 3 rings (SSSR count). The number of nitrogens with one attached hydrogen (secondary N) is 2. The molecular weight excluding hydrogens is 336 g/mol. The zero-order valence-electron chi connectivity index (χ0n) is 13.9. The molecule has 0 aliphatic heterocycles. The fourth-order valence-corrected chi connectivity index (χ4v) is 2.24. The molecule has 8 nitrogen and oxygen atoms in total. The third-order valence-electron chi connectivity index (χ3n) is 3.39. The van der Waals surface area contributed by atoms with Crippen molar-refractivity contribution in [2.24, 2.45) is 0 Å². The summed E-state index contributed by atoms with van der Waals surface area (Å²) in [5, 5.41) is 12.9. The van der Waals surface area contributed by atoms with Gasteiger partial charge in [-0.05, 0) is 24.3 Å². The zero-order valence-corrected chi connectivity index (χ0v) is 13.9. The van der Waals surface area contributed by atoms with Crippen LogP contribution in [0.4, 0.5) is 11.7 Å². The molecular formula is C18H16N4O4. The van der Waals surface area contributed by atoms with E-state index in [4.69, 9.17) is 9.15 Å². The van der Waals surface area contributed by atoms with Crippen molar-refractivity contribution < 1.29 is 18.7 Å². The molecule has 0 unspecified atom stereocenters. The van der Waals surface area contributed by atoms with E-state index >= 15 is 0 Å². The lowest BCUT2D eigenvalue weighted by atomic mass is 10.1. The third kappa shape index (κ3) is 4.11. The molecule has 8 heteroatoms. The minimum absolute atomic E-state index is 0.0353. The number of carbonyl (C=O) groups is 2. The molecule has 0 aliphatic carbocycles. The number of anilines is 2. The van der Waals surface area contributed by atoms with Crippen LogP contribution in [0.5, 0.6) is 0 Å². The monoisotopic (exact) mass is 352 g/mol. The average Bonchev–Trinajstić information content (AvgIpc) is 3.11. The summed E-state index contributed by atoms with van der Waals surface area (Å²) in [7, 11) is 1.41. The van der Waals surface area contributed by atoms with Gasteiger partial charge in [0.05, 0.1) is 11.3 Å². The van der Waals surface area contributed by atoms with E-state index in [-0.39, 0.29) is 24.1 Å². The van der Waals surface area contributed by atoms with Gasteiger partial charge in [0, 0.05) is 12.7 Å². The number of ether oxygens (including phenoxy) is 1. The summed E-state index contributed by atoms with van der Waals surface area (Å²) in [6.45, 7) is -0.111. The highest BCUT2D eigenvalue weighted by molar-refractivity contribution is 6.09. The van der Waals surface area contributed by atoms with Crippen molar-refractivity contribution in [2.75, 3.05) is 24.4 Å². The van der Waals surface area contributed by atoms with Crippen LogP contribution in [0.2, 0.25) is 0 Å². The van der Waals surface area contributed by atoms with Crippen molar-refractivity contribution in [3.05, 3.63) is 60.2 Å². The summed E-state index contributed by atoms with van der Waals surface area (Å²) in [6.07, 6.45) is 0. The molecule has 0 atom stereocenters. The molecule has 2 amide bonds. The Morgan fingerprint density at radius 2 is 1.73 bits per heavy atom. The molecule has 0 aliphatic rings. The number of amides is 2. The Morgan fingerprint density at radius 3 is 2.50 bits per heavy atom. The largest absolute Gasteiger partial charge is 0.403 e. The number of aromatic nitrogens is 2. The van der Waals surface area contributed by atoms with Crippen LogP contribution in [-0.4, -0.2) is 35.7 Å². The van der Waals surface area contributed by atoms with Crippen molar-refractivity contribution in [1.29, 1.82) is 0 Å². The first-order chi connectivity index (χ1) is 12.7. The lowest BCUT2D eigenvalue weighted by Gasteiger charge is -2.09. The van der Waals surface area contributed by atoms with E-state index in [1.165, 1.54) is 7.11 Å². The minimum atomic E-state index is -0.485. The number of para-hydroxylation sites is 1. The molecule has 1 heterocycles. The number of hydrogen-bond acceptors (Lipinski definition) is 6. The van der Waals surface area contributed by atoms with Gasteiger partial charge in [-0.15, -0.1) is 5.10 Å². The Kier molecular flexibility index (Phi) is 5.35. The van der Waals surface area contributed by atoms with Crippen LogP contribution in [0.1, 0.15) is 10.4 Å². The minimum Gasteiger partial charge on any atom is -0.403 e. The number of carbonyl (C=O) groups excluding carboxylic acids is 2. The summed E-state index contributed by atoms with van der Waals surface area (Å²) < 4.78 is 10.2. The van der Waals surface area contributed by atoms with Crippen molar-refractivity contribution in [1.82, 2.24) is 10.2 Å². The van der Waals surface area contributed by atoms with E-state index in [0.29, 0.717) is 11.6 Å². The van der Waals surface area contributed by atoms with Gasteiger partial charge in [0.2, 0.25) is 11.8 Å². The number of hydrogen-bond donors (Lipinski definition) is 2. The number of benzene rings is 2. The topological polar surface area (TPSA) is 106 Å². The van der Waals surface area contributed by atoms with Crippen molar-refractivity contribution in [3.63, 3.8) is 0 Å². The quantitative estimate of drug-likeness (QED) is 0.706. The molecule has 0 bridgehead atoms. The van der Waals surface area contributed by atoms with Crippen molar-refractivity contribution in [3.8, 4) is 11.5 Å². The van der Waals surface area contributed by atoms with Crippen LogP contribution in [0.25, 0.3) is 11.5 Å². The van der Waals surface area contributed by atoms with Gasteiger partial charge in [-0.1, -0.05) is 35.4 Å². The molecule has 0 fully saturated rings. The van der Waals surface area contributed by atoms with Gasteiger partial charge >= 0.3 is 6.01 Å². The Balaban J connectivity index is 1.75. The molecule has 3 aromatic rings. The highest BCUT2D eigenvalue weighted by Crippen LogP contribution is 2.21. The number of nitrogens with zero attached hydrogens (tertiary/aromatic N) is 2. The molecule has 1 aromatic heterocycles. The van der Waals surface area contributed by atoms with Crippen molar-refractivity contribution in [2.45, 2.75) is 0 Å². The molecule has 2 N–H and O–H groups in total. The summed E-state index contributed by atoms with van der Waals surface area (Å²) in [5.74, 6) is -0.555. The second-order valence-corrected chi connectivity index (χ2v) is 5.26. The summed E-state index contributed by atoms with van der Waals surface area (Å²) in [5.41, 5.74) is 1.36. The van der Waals surface area contributed by atoms with Gasteiger partial charge < -0.3 is 14.5 Å². The van der Waals surface area contributed by atoms with Gasteiger partial charge in [0.25, 0.3) is 5.91 Å². The van der Waals surface area contributed by atoms with Crippen LogP contribution in [0.3, 0.4) is 0 Å². The summed E-state index contributed by atoms with van der Waals surface area (Å²) >= 11 is 0. The first-order valence-electron chi connectivity index (χ1n) is 7.75. The van der Waals surface area contributed by atoms with Gasteiger partial charge in [0.1, 0.15) is 6.61 Å². The van der Waals surface area contributed by atoms with E-state index < -0.39 is 5.91 Å². The SMILES string of the molecule is COCC(=O)Nc1ccccc1C(=O)Nc1nnc(-c2ccccc2)o1. The van der Waals surface area contributed by atoms with Gasteiger partial charge in [-0.2, -0.15) is 0 Å². The van der Waals surface area contributed by atoms with Gasteiger partial charge in [0.15, 0.2) is 0 Å². The average molecular weight is 352 g/mol. The molecule has 132 valence electrons. The van der Waals surface area contributed by atoms with Gasteiger partial charge in [-0.3, -0.25) is 14.9 Å². The van der Waals surface area contributed by atoms with Crippen LogP contribution in [-0.2, 0) is 9.53 Å². The Morgan fingerprint density at radius 1 is 1.00 bits per heavy atom. The van der Waals surface area contributed by atoms with Crippen LogP contribution < -0.4 is 10.6 Å². The maximum Gasteiger partial charge on any atom is 0.322 e. The van der Waals surface area contributed by atoms with Crippen LogP contribution in [0, 0.1) is 0 Å². The smallest absolute Gasteiger partial charge is 0.322 e. The lowest BCUT2D eigenvalue weighted by molar-refractivity contribution is -0.119. The van der Waals surface area contributed by atoms with E-state index in [1.807, 2.05) is 30.3 Å². The van der Waals surface area contributed by atoms with Gasteiger partial charge in [-0.25, -0.2) is 0 Å². The highest BCUT2D eigenvalue weighted by atomic mass is 16.5. The van der Waals surface area contributed by atoms with Crippen molar-refractivity contribution >= 4 is 23.5 Å². The molecule has 0 spiro atoms. The summed E-state index contributed by atoms with van der Waals surface area (Å²) in [6, 6.07) is 15.7. The molecule has 26 heavy (non-hydrogen) atoms. The summed E-state index contributed by atoms with van der Waals surface area (Å²) in [4.78, 5) is 24.2. The first kappa shape index (κ1) is 17.3. The first-order valence-corrected chi connectivity index (χ1v) is 7.75. The second kappa shape index (κ2) is 8.04. The molecule has 0 saturated carbocycles. The van der Waals surface area contributed by atoms with Crippen LogP contribution >= 0.6 is 0 Å². The zero-order chi connectivity index (χ0) is 18.4. The normalized spacial score (nSPS) is 10.3. The van der Waals surface area contributed by atoms with E-state index in [2.05, 4.69) is 20.8 Å². The maximum atomic E-state index is 12.5. The molecule has 0 radical (unpaired) electrons. The standard InChI is InChI=1S/C18H16N4O4/c1-25-11-15(23)19-14-10-6-5-9-13(14)16(24)20-18-22-21-17(26-18)12-7-3-2-4-8-12/h2-10H,11H2,1H3,(H,19,23)(H,20,22,24). The third-order valence-corrected chi connectivity index (χ3v) is 3.39. The molecule has 2 aromatic carbocycles. The maximum absolute atomic E-state index is 12.5. The number of methoxy groups -OCH3 is 1. The van der Waals surface area contributed by atoms with E-state index in [1.54, 1.807) is 24.3 Å². The molecule has 0 saturated heterocycles. The lowest BCUT2D eigenvalue weighted by Crippen LogP contribution is -2.21. The van der Waals surface area contributed by atoms with E-state index in [9.17, 15) is 9.59 Å². The predicted molar refractivity (Wildman–Crippen MR) is 94.6 cm³/mol. The fourth-order valence-electron chi connectivity index (χ4n) is 2.24. The van der Waals surface area contributed by atoms with E-state index in [0.717, 1.165) is 5.56 Å². The van der Waals surface area contributed by atoms with Crippen LogP contribution in [0.15, 0.2) is 59.0 Å². The Hall–Kier alpha value is -3.52. The Bertz CT molecular complexity index is 908. The number of rotatable bonds is 6.